The molecular formula is C17H18F2N4O. The number of urea groups is 1. The standard InChI is InChI=1S/C17H18F2N4O/c18-11-3-4-15(13(19)9-11)20-17(24)23-7-5-12-14(6-8-23)21-22-16(12)10-1-2-10/h3-4,9-10H,1-2,5-8H2,(H,20,24)(H,21,22). The van der Waals surface area contributed by atoms with Crippen molar-refractivity contribution in [2.45, 2.75) is 31.6 Å². The molecule has 1 saturated carbocycles. The molecule has 1 aromatic carbocycles. The Kier molecular flexibility index (Phi) is 3.70. The minimum atomic E-state index is -0.774. The summed E-state index contributed by atoms with van der Waals surface area (Å²) in [6.45, 7) is 1.09. The van der Waals surface area contributed by atoms with Crippen molar-refractivity contribution in [1.82, 2.24) is 15.1 Å². The molecule has 1 aliphatic heterocycles. The molecule has 2 aliphatic rings. The number of amides is 2. The fraction of sp³-hybridized carbons (Fsp3) is 0.412. The number of carbonyl (C=O) groups is 1. The molecule has 1 fully saturated rings. The van der Waals surface area contributed by atoms with Gasteiger partial charge in [0, 0.05) is 37.2 Å². The van der Waals surface area contributed by atoms with Gasteiger partial charge in [-0.25, -0.2) is 13.6 Å². The number of anilines is 1. The molecule has 2 amide bonds. The van der Waals surface area contributed by atoms with Gasteiger partial charge in [-0.2, -0.15) is 5.10 Å². The zero-order valence-corrected chi connectivity index (χ0v) is 13.1. The van der Waals surface area contributed by atoms with Crippen LogP contribution in [0.4, 0.5) is 19.3 Å². The van der Waals surface area contributed by atoms with Gasteiger partial charge in [-0.05, 0) is 37.0 Å². The summed E-state index contributed by atoms with van der Waals surface area (Å²) in [5.74, 6) is -0.874. The number of nitrogens with zero attached hydrogens (tertiary/aromatic N) is 2. The van der Waals surface area contributed by atoms with Crippen LogP contribution < -0.4 is 5.32 Å². The lowest BCUT2D eigenvalue weighted by Gasteiger charge is -2.21. The fourth-order valence-electron chi connectivity index (χ4n) is 3.19. The molecule has 0 saturated heterocycles. The number of benzene rings is 1. The van der Waals surface area contributed by atoms with E-state index >= 15 is 0 Å². The van der Waals surface area contributed by atoms with Gasteiger partial charge in [-0.3, -0.25) is 5.10 Å². The van der Waals surface area contributed by atoms with Crippen molar-refractivity contribution < 1.29 is 13.6 Å². The molecule has 0 bridgehead atoms. The lowest BCUT2D eigenvalue weighted by Crippen LogP contribution is -2.37. The number of nitrogens with one attached hydrogen (secondary N) is 2. The first-order chi connectivity index (χ1) is 11.6. The molecule has 0 spiro atoms. The van der Waals surface area contributed by atoms with Crippen molar-refractivity contribution in [1.29, 1.82) is 0 Å². The quantitative estimate of drug-likeness (QED) is 0.887. The molecule has 126 valence electrons. The number of halogens is 2. The third kappa shape index (κ3) is 2.86. The summed E-state index contributed by atoms with van der Waals surface area (Å²) in [5, 5.41) is 10.1. The molecule has 7 heteroatoms. The smallest absolute Gasteiger partial charge is 0.321 e. The highest BCUT2D eigenvalue weighted by Crippen LogP contribution is 2.41. The number of carbonyl (C=O) groups excluding carboxylic acids is 1. The second-order valence-corrected chi connectivity index (χ2v) is 6.38. The number of fused-ring (bicyclic) bond motifs is 1. The maximum absolute atomic E-state index is 13.7. The Balaban J connectivity index is 1.45. The molecule has 1 aliphatic carbocycles. The van der Waals surface area contributed by atoms with Crippen LogP contribution in [0.15, 0.2) is 18.2 Å². The number of hydrogen-bond acceptors (Lipinski definition) is 2. The van der Waals surface area contributed by atoms with Crippen molar-refractivity contribution in [2.75, 3.05) is 18.4 Å². The van der Waals surface area contributed by atoms with Crippen LogP contribution in [-0.4, -0.2) is 34.2 Å². The molecule has 0 atom stereocenters. The van der Waals surface area contributed by atoms with Gasteiger partial charge in [0.25, 0.3) is 0 Å². The van der Waals surface area contributed by atoms with Crippen LogP contribution in [0.1, 0.15) is 35.7 Å². The van der Waals surface area contributed by atoms with E-state index in [1.165, 1.54) is 24.5 Å². The van der Waals surface area contributed by atoms with E-state index in [1.807, 2.05) is 0 Å². The van der Waals surface area contributed by atoms with Crippen LogP contribution in [-0.2, 0) is 12.8 Å². The monoisotopic (exact) mass is 332 g/mol. The van der Waals surface area contributed by atoms with E-state index in [2.05, 4.69) is 15.5 Å². The van der Waals surface area contributed by atoms with E-state index in [-0.39, 0.29) is 11.7 Å². The number of aromatic amines is 1. The summed E-state index contributed by atoms with van der Waals surface area (Å²) in [6.07, 6.45) is 3.82. The summed E-state index contributed by atoms with van der Waals surface area (Å²) >= 11 is 0. The molecule has 24 heavy (non-hydrogen) atoms. The normalized spacial score (nSPS) is 17.3. The van der Waals surface area contributed by atoms with Crippen LogP contribution in [0.3, 0.4) is 0 Å². The van der Waals surface area contributed by atoms with Crippen molar-refractivity contribution in [2.24, 2.45) is 0 Å². The zero-order valence-electron chi connectivity index (χ0n) is 13.1. The Hall–Kier alpha value is -2.44. The van der Waals surface area contributed by atoms with Crippen LogP contribution >= 0.6 is 0 Å². The Bertz CT molecular complexity index is 785. The maximum Gasteiger partial charge on any atom is 0.321 e. The highest BCUT2D eigenvalue weighted by Gasteiger charge is 2.31. The van der Waals surface area contributed by atoms with Crippen LogP contribution in [0, 0.1) is 11.6 Å². The average Bonchev–Trinajstić information content (AvgIpc) is 3.35. The first-order valence-electron chi connectivity index (χ1n) is 8.19. The van der Waals surface area contributed by atoms with Crippen LogP contribution in [0.5, 0.6) is 0 Å². The average molecular weight is 332 g/mol. The summed E-state index contributed by atoms with van der Waals surface area (Å²) in [4.78, 5) is 14.1. The van der Waals surface area contributed by atoms with E-state index in [0.717, 1.165) is 29.9 Å². The fourth-order valence-corrected chi connectivity index (χ4v) is 3.19. The van der Waals surface area contributed by atoms with Gasteiger partial charge in [0.1, 0.15) is 11.6 Å². The third-order valence-electron chi connectivity index (χ3n) is 4.67. The van der Waals surface area contributed by atoms with Gasteiger partial charge < -0.3 is 10.2 Å². The van der Waals surface area contributed by atoms with Gasteiger partial charge in [0.15, 0.2) is 0 Å². The van der Waals surface area contributed by atoms with Gasteiger partial charge in [0.05, 0.1) is 11.4 Å². The highest BCUT2D eigenvalue weighted by atomic mass is 19.1. The summed E-state index contributed by atoms with van der Waals surface area (Å²) in [6, 6.07) is 2.75. The van der Waals surface area contributed by atoms with Gasteiger partial charge in [0.2, 0.25) is 0 Å². The second kappa shape index (κ2) is 5.89. The summed E-state index contributed by atoms with van der Waals surface area (Å²) in [7, 11) is 0. The van der Waals surface area contributed by atoms with E-state index in [4.69, 9.17) is 0 Å². The maximum atomic E-state index is 13.7. The molecule has 0 unspecified atom stereocenters. The molecule has 2 N–H and O–H groups in total. The summed E-state index contributed by atoms with van der Waals surface area (Å²) < 4.78 is 26.6. The Morgan fingerprint density at radius 2 is 2.04 bits per heavy atom. The van der Waals surface area contributed by atoms with Crippen LogP contribution in [0.25, 0.3) is 0 Å². The number of H-pyrrole nitrogens is 1. The largest absolute Gasteiger partial charge is 0.324 e. The number of rotatable bonds is 2. The van der Waals surface area contributed by atoms with Crippen molar-refractivity contribution >= 4 is 11.7 Å². The molecule has 5 nitrogen and oxygen atoms in total. The first-order valence-corrected chi connectivity index (χ1v) is 8.19. The first kappa shape index (κ1) is 15.1. The number of hydrogen-bond donors (Lipinski definition) is 2. The predicted octanol–water partition coefficient (Wildman–Crippen LogP) is 3.20. The lowest BCUT2D eigenvalue weighted by molar-refractivity contribution is 0.214. The van der Waals surface area contributed by atoms with Gasteiger partial charge in [-0.15, -0.1) is 0 Å². The lowest BCUT2D eigenvalue weighted by atomic mass is 10.1. The van der Waals surface area contributed by atoms with Crippen molar-refractivity contribution in [3.05, 3.63) is 46.8 Å². The predicted molar refractivity (Wildman–Crippen MR) is 84.9 cm³/mol. The molecule has 1 aromatic heterocycles. The molecule has 4 rings (SSSR count). The molecule has 2 aromatic rings. The minimum absolute atomic E-state index is 0.00972. The van der Waals surface area contributed by atoms with Crippen LogP contribution in [0.2, 0.25) is 0 Å². The number of aromatic nitrogens is 2. The van der Waals surface area contributed by atoms with Gasteiger partial charge >= 0.3 is 6.03 Å². The highest BCUT2D eigenvalue weighted by molar-refractivity contribution is 5.89. The van der Waals surface area contributed by atoms with E-state index < -0.39 is 11.6 Å². The zero-order chi connectivity index (χ0) is 16.7. The molecule has 0 radical (unpaired) electrons. The van der Waals surface area contributed by atoms with E-state index in [1.54, 1.807) is 4.90 Å². The van der Waals surface area contributed by atoms with E-state index in [9.17, 15) is 13.6 Å². The minimum Gasteiger partial charge on any atom is -0.324 e. The Morgan fingerprint density at radius 3 is 2.79 bits per heavy atom. The van der Waals surface area contributed by atoms with Crippen molar-refractivity contribution in [3.63, 3.8) is 0 Å². The Labute approximate surface area is 138 Å². The molecular weight excluding hydrogens is 314 g/mol. The van der Waals surface area contributed by atoms with Crippen molar-refractivity contribution in [3.8, 4) is 0 Å². The van der Waals surface area contributed by atoms with Gasteiger partial charge in [-0.1, -0.05) is 0 Å². The second-order valence-electron chi connectivity index (χ2n) is 6.38. The third-order valence-corrected chi connectivity index (χ3v) is 4.67. The van der Waals surface area contributed by atoms with E-state index in [0.29, 0.717) is 25.4 Å². The topological polar surface area (TPSA) is 61.0 Å². The molecule has 2 heterocycles. The Morgan fingerprint density at radius 1 is 1.25 bits per heavy atom. The summed E-state index contributed by atoms with van der Waals surface area (Å²) in [5.41, 5.74) is 3.47. The SMILES string of the molecule is O=C(Nc1ccc(F)cc1F)N1CCc2[nH]nc(C3CC3)c2CC1.